The van der Waals surface area contributed by atoms with Gasteiger partial charge in [-0.05, 0) is 12.5 Å². The molecule has 2 N–H and O–H groups in total. The highest BCUT2D eigenvalue weighted by molar-refractivity contribution is 7.89. The van der Waals surface area contributed by atoms with Gasteiger partial charge in [-0.1, -0.05) is 36.8 Å². The number of carboxylic acids is 1. The zero-order valence-corrected chi connectivity index (χ0v) is 11.2. The fourth-order valence-electron chi connectivity index (χ4n) is 1.47. The fourth-order valence-corrected chi connectivity index (χ4v) is 2.78. The summed E-state index contributed by atoms with van der Waals surface area (Å²) in [5.74, 6) is -2.44. The van der Waals surface area contributed by atoms with E-state index in [-0.39, 0.29) is 6.54 Å². The number of benzene rings is 1. The van der Waals surface area contributed by atoms with Crippen LogP contribution in [0.1, 0.15) is 18.1 Å². The molecule has 18 heavy (non-hydrogen) atoms. The number of carboxylic acid groups (broad SMARTS) is 1. The second-order valence-electron chi connectivity index (χ2n) is 4.33. The molecule has 1 rings (SSSR count). The molecule has 6 heteroatoms. The molecule has 0 bridgehead atoms. The van der Waals surface area contributed by atoms with E-state index in [4.69, 9.17) is 5.11 Å². The van der Waals surface area contributed by atoms with Crippen molar-refractivity contribution >= 4 is 16.0 Å². The molecular weight excluding hydrogens is 254 g/mol. The van der Waals surface area contributed by atoms with Crippen molar-refractivity contribution < 1.29 is 18.3 Å². The van der Waals surface area contributed by atoms with Crippen molar-refractivity contribution in [2.75, 3.05) is 5.75 Å². The molecule has 1 unspecified atom stereocenters. The maximum atomic E-state index is 11.6. The molecule has 0 spiro atoms. The van der Waals surface area contributed by atoms with Crippen molar-refractivity contribution in [1.82, 2.24) is 4.72 Å². The number of aliphatic carboxylic acids is 1. The minimum atomic E-state index is -3.57. The molecular formula is C12H17NO4S. The molecule has 0 aliphatic heterocycles. The first kappa shape index (κ1) is 14.7. The van der Waals surface area contributed by atoms with Gasteiger partial charge < -0.3 is 5.11 Å². The van der Waals surface area contributed by atoms with Crippen molar-refractivity contribution in [1.29, 1.82) is 0 Å². The van der Waals surface area contributed by atoms with Gasteiger partial charge in [-0.25, -0.2) is 13.1 Å². The summed E-state index contributed by atoms with van der Waals surface area (Å²) in [7, 11) is -3.57. The molecule has 0 aliphatic carbocycles. The Kier molecular flexibility index (Phi) is 4.86. The van der Waals surface area contributed by atoms with Crippen LogP contribution in [0.3, 0.4) is 0 Å². The fraction of sp³-hybridized carbons (Fsp3) is 0.417. The van der Waals surface area contributed by atoms with Gasteiger partial charge in [0.25, 0.3) is 0 Å². The number of hydrogen-bond donors (Lipinski definition) is 2. The van der Waals surface area contributed by atoms with Crippen LogP contribution in [0.5, 0.6) is 0 Å². The molecule has 0 saturated heterocycles. The summed E-state index contributed by atoms with van der Waals surface area (Å²) >= 11 is 0. The summed E-state index contributed by atoms with van der Waals surface area (Å²) in [5, 5.41) is 8.67. The highest BCUT2D eigenvalue weighted by Gasteiger charge is 2.20. The lowest BCUT2D eigenvalue weighted by molar-refractivity contribution is -0.140. The van der Waals surface area contributed by atoms with Crippen LogP contribution in [0.4, 0.5) is 0 Å². The van der Waals surface area contributed by atoms with Gasteiger partial charge in [0, 0.05) is 6.54 Å². The van der Waals surface area contributed by atoms with Gasteiger partial charge in [-0.3, -0.25) is 4.79 Å². The number of rotatable bonds is 6. The Labute approximate surface area is 107 Å². The van der Waals surface area contributed by atoms with Crippen molar-refractivity contribution in [3.8, 4) is 0 Å². The lowest BCUT2D eigenvalue weighted by Crippen LogP contribution is -2.31. The molecule has 0 fully saturated rings. The predicted octanol–water partition coefficient (Wildman–Crippen LogP) is 1.14. The zero-order chi connectivity index (χ0) is 13.8. The lowest BCUT2D eigenvalue weighted by Gasteiger charge is -2.09. The molecule has 0 aromatic heterocycles. The van der Waals surface area contributed by atoms with Crippen LogP contribution in [0, 0.1) is 12.8 Å². The average Bonchev–Trinajstić information content (AvgIpc) is 2.26. The third-order valence-corrected chi connectivity index (χ3v) is 3.99. The van der Waals surface area contributed by atoms with Crippen LogP contribution in [-0.2, 0) is 21.4 Å². The maximum absolute atomic E-state index is 11.6. The first-order valence-corrected chi connectivity index (χ1v) is 7.21. The maximum Gasteiger partial charge on any atom is 0.307 e. The summed E-state index contributed by atoms with van der Waals surface area (Å²) in [4.78, 5) is 10.6. The van der Waals surface area contributed by atoms with E-state index in [2.05, 4.69) is 4.72 Å². The second-order valence-corrected chi connectivity index (χ2v) is 6.18. The summed E-state index contributed by atoms with van der Waals surface area (Å²) < 4.78 is 25.7. The van der Waals surface area contributed by atoms with Gasteiger partial charge in [0.05, 0.1) is 11.7 Å². The van der Waals surface area contributed by atoms with E-state index in [1.165, 1.54) is 6.92 Å². The van der Waals surface area contributed by atoms with E-state index in [1.807, 2.05) is 31.2 Å². The van der Waals surface area contributed by atoms with E-state index < -0.39 is 27.7 Å². The Morgan fingerprint density at radius 2 is 2.11 bits per heavy atom. The molecule has 5 nitrogen and oxygen atoms in total. The number of hydrogen-bond acceptors (Lipinski definition) is 3. The van der Waals surface area contributed by atoms with E-state index in [0.717, 1.165) is 11.1 Å². The summed E-state index contributed by atoms with van der Waals surface area (Å²) in [6.45, 7) is 3.47. The highest BCUT2D eigenvalue weighted by Crippen LogP contribution is 2.05. The SMILES string of the molecule is Cc1cccc(CNS(=O)(=O)CC(C)C(=O)O)c1. The van der Waals surface area contributed by atoms with Crippen LogP contribution in [-0.4, -0.2) is 25.2 Å². The average molecular weight is 271 g/mol. The molecule has 0 radical (unpaired) electrons. The highest BCUT2D eigenvalue weighted by atomic mass is 32.2. The smallest absolute Gasteiger partial charge is 0.307 e. The Hall–Kier alpha value is -1.40. The normalized spacial score (nSPS) is 13.2. The van der Waals surface area contributed by atoms with E-state index in [0.29, 0.717) is 0 Å². The number of nitrogens with one attached hydrogen (secondary N) is 1. The Bertz CT molecular complexity index is 525. The first-order valence-electron chi connectivity index (χ1n) is 5.56. The standard InChI is InChI=1S/C12H17NO4S/c1-9-4-3-5-11(6-9)7-13-18(16,17)8-10(2)12(14)15/h3-6,10,13H,7-8H2,1-2H3,(H,14,15). The van der Waals surface area contributed by atoms with Crippen LogP contribution >= 0.6 is 0 Å². The topological polar surface area (TPSA) is 83.5 Å². The van der Waals surface area contributed by atoms with Crippen LogP contribution in [0.25, 0.3) is 0 Å². The van der Waals surface area contributed by atoms with Crippen molar-refractivity contribution in [2.24, 2.45) is 5.92 Å². The molecule has 0 saturated carbocycles. The predicted molar refractivity (Wildman–Crippen MR) is 68.6 cm³/mol. The summed E-state index contributed by atoms with van der Waals surface area (Å²) in [6, 6.07) is 7.46. The molecule has 0 heterocycles. The van der Waals surface area contributed by atoms with Crippen molar-refractivity contribution in [3.05, 3.63) is 35.4 Å². The molecule has 0 aliphatic rings. The lowest BCUT2D eigenvalue weighted by atomic mass is 10.1. The molecule has 1 aromatic rings. The van der Waals surface area contributed by atoms with E-state index in [1.54, 1.807) is 0 Å². The molecule has 1 atom stereocenters. The summed E-state index contributed by atoms with van der Waals surface area (Å²) in [5.41, 5.74) is 1.90. The zero-order valence-electron chi connectivity index (χ0n) is 10.4. The number of aryl methyl sites for hydroxylation is 1. The van der Waals surface area contributed by atoms with Gasteiger partial charge >= 0.3 is 5.97 Å². The van der Waals surface area contributed by atoms with Gasteiger partial charge in [0.2, 0.25) is 10.0 Å². The molecule has 0 amide bonds. The van der Waals surface area contributed by atoms with Gasteiger partial charge in [-0.2, -0.15) is 0 Å². The van der Waals surface area contributed by atoms with Gasteiger partial charge in [0.15, 0.2) is 0 Å². The van der Waals surface area contributed by atoms with Gasteiger partial charge in [0.1, 0.15) is 0 Å². The number of sulfonamides is 1. The molecule has 1 aromatic carbocycles. The first-order chi connectivity index (χ1) is 8.30. The van der Waals surface area contributed by atoms with Crippen LogP contribution < -0.4 is 4.72 Å². The summed E-state index contributed by atoms with van der Waals surface area (Å²) in [6.07, 6.45) is 0. The Morgan fingerprint density at radius 3 is 2.67 bits per heavy atom. The monoisotopic (exact) mass is 271 g/mol. The number of carbonyl (C=O) groups is 1. The largest absolute Gasteiger partial charge is 0.481 e. The minimum absolute atomic E-state index is 0.177. The van der Waals surface area contributed by atoms with Gasteiger partial charge in [-0.15, -0.1) is 0 Å². The Morgan fingerprint density at radius 1 is 1.44 bits per heavy atom. The molecule has 100 valence electrons. The van der Waals surface area contributed by atoms with Crippen LogP contribution in [0.2, 0.25) is 0 Å². The van der Waals surface area contributed by atoms with E-state index >= 15 is 0 Å². The quantitative estimate of drug-likeness (QED) is 0.812. The van der Waals surface area contributed by atoms with Crippen molar-refractivity contribution in [2.45, 2.75) is 20.4 Å². The Balaban J connectivity index is 2.59. The third kappa shape index (κ3) is 4.85. The second kappa shape index (κ2) is 5.97. The third-order valence-electron chi connectivity index (χ3n) is 2.47. The van der Waals surface area contributed by atoms with E-state index in [9.17, 15) is 13.2 Å². The van der Waals surface area contributed by atoms with Crippen LogP contribution in [0.15, 0.2) is 24.3 Å². The minimum Gasteiger partial charge on any atom is -0.481 e. The van der Waals surface area contributed by atoms with Crippen molar-refractivity contribution in [3.63, 3.8) is 0 Å².